The maximum Gasteiger partial charge on any atom is 0.323 e. The summed E-state index contributed by atoms with van der Waals surface area (Å²) in [7, 11) is 1.43. The quantitative estimate of drug-likeness (QED) is 0.941. The van der Waals surface area contributed by atoms with Crippen LogP contribution in [0.5, 0.6) is 0 Å². The molecule has 2 aromatic rings. The Morgan fingerprint density at radius 2 is 2.11 bits per heavy atom. The number of halogens is 1. The number of hydrogen-bond donors (Lipinski definition) is 1. The maximum atomic E-state index is 12.1. The number of aryl methyl sites for hydroxylation is 1. The van der Waals surface area contributed by atoms with Gasteiger partial charge in [0.05, 0.1) is 0 Å². The number of hydrogen-bond acceptors (Lipinski definition) is 3. The number of carbonyl (C=O) groups excluding carboxylic acids is 1. The first-order chi connectivity index (χ1) is 8.90. The van der Waals surface area contributed by atoms with Gasteiger partial charge in [-0.15, -0.1) is 0 Å². The number of amides is 1. The van der Waals surface area contributed by atoms with Crippen LogP contribution in [0.2, 0.25) is 0 Å². The van der Waals surface area contributed by atoms with Gasteiger partial charge in [0.2, 0.25) is 0 Å². The van der Waals surface area contributed by atoms with E-state index in [-0.39, 0.29) is 12.3 Å². The molecule has 1 amide bonds. The highest BCUT2D eigenvalue weighted by Crippen LogP contribution is 2.28. The standard InChI is InChI=1S/C13H12BrNO4/c1-7-9-5-8(14)3-4-10(9)19-12(7)13(18)15(2)6-11(16)17/h3-5H,6H2,1-2H3,(H,16,17). The van der Waals surface area contributed by atoms with Gasteiger partial charge < -0.3 is 14.4 Å². The normalized spacial score (nSPS) is 10.7. The number of likely N-dealkylation sites (N-methyl/N-ethyl adjacent to an activating group) is 1. The van der Waals surface area contributed by atoms with Gasteiger partial charge >= 0.3 is 5.97 Å². The second kappa shape index (κ2) is 5.05. The molecule has 1 aromatic carbocycles. The highest BCUT2D eigenvalue weighted by Gasteiger charge is 2.22. The fourth-order valence-electron chi connectivity index (χ4n) is 1.85. The van der Waals surface area contributed by atoms with Crippen LogP contribution in [-0.4, -0.2) is 35.5 Å². The number of carboxylic acid groups (broad SMARTS) is 1. The molecule has 2 rings (SSSR count). The van der Waals surface area contributed by atoms with Crippen molar-refractivity contribution in [1.29, 1.82) is 0 Å². The highest BCUT2D eigenvalue weighted by molar-refractivity contribution is 9.10. The average molecular weight is 326 g/mol. The Kier molecular flexibility index (Phi) is 3.61. The van der Waals surface area contributed by atoms with E-state index in [9.17, 15) is 9.59 Å². The molecule has 5 nitrogen and oxygen atoms in total. The summed E-state index contributed by atoms with van der Waals surface area (Å²) in [4.78, 5) is 23.8. The van der Waals surface area contributed by atoms with Crippen molar-refractivity contribution in [3.63, 3.8) is 0 Å². The first kappa shape index (κ1) is 13.6. The summed E-state index contributed by atoms with van der Waals surface area (Å²) in [6.45, 7) is 1.42. The van der Waals surface area contributed by atoms with Gasteiger partial charge in [-0.05, 0) is 25.1 Å². The predicted molar refractivity (Wildman–Crippen MR) is 73.2 cm³/mol. The molecule has 0 spiro atoms. The third-order valence-electron chi connectivity index (χ3n) is 2.81. The first-order valence-corrected chi connectivity index (χ1v) is 6.35. The largest absolute Gasteiger partial charge is 0.480 e. The van der Waals surface area contributed by atoms with E-state index in [0.717, 1.165) is 14.8 Å². The number of rotatable bonds is 3. The lowest BCUT2D eigenvalue weighted by molar-refractivity contribution is -0.137. The minimum Gasteiger partial charge on any atom is -0.480 e. The molecule has 1 aromatic heterocycles. The molecular weight excluding hydrogens is 314 g/mol. The van der Waals surface area contributed by atoms with Gasteiger partial charge in [-0.25, -0.2) is 0 Å². The zero-order valence-electron chi connectivity index (χ0n) is 10.4. The maximum absolute atomic E-state index is 12.1. The van der Waals surface area contributed by atoms with Gasteiger partial charge in [0.25, 0.3) is 5.91 Å². The second-order valence-electron chi connectivity index (χ2n) is 4.25. The summed E-state index contributed by atoms with van der Waals surface area (Å²) in [6.07, 6.45) is 0. The van der Waals surface area contributed by atoms with Crippen molar-refractivity contribution in [1.82, 2.24) is 4.90 Å². The Labute approximate surface area is 117 Å². The van der Waals surface area contributed by atoms with E-state index in [1.807, 2.05) is 12.1 Å². The van der Waals surface area contributed by atoms with Crippen molar-refractivity contribution in [2.75, 3.05) is 13.6 Å². The lowest BCUT2D eigenvalue weighted by atomic mass is 10.1. The molecule has 0 bridgehead atoms. The molecule has 0 radical (unpaired) electrons. The Morgan fingerprint density at radius 1 is 1.42 bits per heavy atom. The Hall–Kier alpha value is -1.82. The van der Waals surface area contributed by atoms with Crippen molar-refractivity contribution in [2.45, 2.75) is 6.92 Å². The number of carbonyl (C=O) groups is 2. The Bertz CT molecular complexity index is 662. The minimum atomic E-state index is -1.06. The monoisotopic (exact) mass is 325 g/mol. The summed E-state index contributed by atoms with van der Waals surface area (Å²) in [5.74, 6) is -1.32. The average Bonchev–Trinajstić information content (AvgIpc) is 2.65. The fraction of sp³-hybridized carbons (Fsp3) is 0.231. The highest BCUT2D eigenvalue weighted by atomic mass is 79.9. The van der Waals surface area contributed by atoms with Crippen LogP contribution in [0.3, 0.4) is 0 Å². The molecule has 1 heterocycles. The van der Waals surface area contributed by atoms with E-state index in [0.29, 0.717) is 11.1 Å². The van der Waals surface area contributed by atoms with Crippen molar-refractivity contribution in [3.8, 4) is 0 Å². The molecule has 0 saturated carbocycles. The summed E-state index contributed by atoms with van der Waals surface area (Å²) in [6, 6.07) is 5.45. The summed E-state index contributed by atoms with van der Waals surface area (Å²) < 4.78 is 6.40. The van der Waals surface area contributed by atoms with Crippen molar-refractivity contribution < 1.29 is 19.1 Å². The lowest BCUT2D eigenvalue weighted by Crippen LogP contribution is -2.32. The number of aliphatic carboxylic acids is 1. The Balaban J connectivity index is 2.42. The van der Waals surface area contributed by atoms with Gasteiger partial charge in [0, 0.05) is 22.5 Å². The summed E-state index contributed by atoms with van der Waals surface area (Å²) in [5.41, 5.74) is 1.31. The third-order valence-corrected chi connectivity index (χ3v) is 3.30. The predicted octanol–water partition coefficient (Wildman–Crippen LogP) is 2.66. The van der Waals surface area contributed by atoms with Crippen LogP contribution in [0.15, 0.2) is 27.1 Å². The van der Waals surface area contributed by atoms with Crippen LogP contribution in [0.4, 0.5) is 0 Å². The van der Waals surface area contributed by atoms with Crippen LogP contribution in [0, 0.1) is 6.92 Å². The number of furan rings is 1. The number of carboxylic acids is 1. The van der Waals surface area contributed by atoms with Crippen LogP contribution < -0.4 is 0 Å². The van der Waals surface area contributed by atoms with Crippen LogP contribution in [0.25, 0.3) is 11.0 Å². The zero-order chi connectivity index (χ0) is 14.2. The smallest absolute Gasteiger partial charge is 0.323 e. The molecule has 0 unspecified atom stereocenters. The van der Waals surface area contributed by atoms with Crippen LogP contribution in [0.1, 0.15) is 16.1 Å². The molecule has 6 heteroatoms. The van der Waals surface area contributed by atoms with Gasteiger partial charge in [-0.3, -0.25) is 9.59 Å². The Morgan fingerprint density at radius 3 is 2.74 bits per heavy atom. The number of fused-ring (bicyclic) bond motifs is 1. The zero-order valence-corrected chi connectivity index (χ0v) is 12.0. The van der Waals surface area contributed by atoms with Gasteiger partial charge in [0.1, 0.15) is 12.1 Å². The molecule has 0 saturated heterocycles. The lowest BCUT2D eigenvalue weighted by Gasteiger charge is -2.12. The molecule has 0 aliphatic rings. The molecule has 0 aliphatic carbocycles. The molecule has 100 valence electrons. The second-order valence-corrected chi connectivity index (χ2v) is 5.17. The van der Waals surface area contributed by atoms with E-state index < -0.39 is 11.9 Å². The summed E-state index contributed by atoms with van der Waals surface area (Å²) in [5, 5.41) is 9.53. The van der Waals surface area contributed by atoms with Gasteiger partial charge in [-0.1, -0.05) is 15.9 Å². The van der Waals surface area contributed by atoms with Crippen molar-refractivity contribution >= 4 is 38.8 Å². The minimum absolute atomic E-state index is 0.178. The molecule has 0 fully saturated rings. The van der Waals surface area contributed by atoms with Crippen molar-refractivity contribution in [2.24, 2.45) is 0 Å². The number of benzene rings is 1. The third kappa shape index (κ3) is 2.63. The first-order valence-electron chi connectivity index (χ1n) is 5.56. The molecular formula is C13H12BrNO4. The molecule has 19 heavy (non-hydrogen) atoms. The van der Waals surface area contributed by atoms with Crippen LogP contribution in [-0.2, 0) is 4.79 Å². The topological polar surface area (TPSA) is 70.8 Å². The van der Waals surface area contributed by atoms with E-state index in [1.54, 1.807) is 13.0 Å². The van der Waals surface area contributed by atoms with E-state index in [4.69, 9.17) is 9.52 Å². The molecule has 0 atom stereocenters. The van der Waals surface area contributed by atoms with Crippen LogP contribution >= 0.6 is 15.9 Å². The van der Waals surface area contributed by atoms with E-state index >= 15 is 0 Å². The van der Waals surface area contributed by atoms with Crippen molar-refractivity contribution in [3.05, 3.63) is 34.0 Å². The number of nitrogens with zero attached hydrogens (tertiary/aromatic N) is 1. The molecule has 0 aliphatic heterocycles. The van der Waals surface area contributed by atoms with E-state index in [2.05, 4.69) is 15.9 Å². The SMILES string of the molecule is Cc1c(C(=O)N(C)CC(=O)O)oc2ccc(Br)cc12. The molecule has 1 N–H and O–H groups in total. The fourth-order valence-corrected chi connectivity index (χ4v) is 2.21. The van der Waals surface area contributed by atoms with Gasteiger partial charge in [0.15, 0.2) is 5.76 Å². The van der Waals surface area contributed by atoms with Gasteiger partial charge in [-0.2, -0.15) is 0 Å². The summed E-state index contributed by atoms with van der Waals surface area (Å²) >= 11 is 3.36. The van der Waals surface area contributed by atoms with E-state index in [1.165, 1.54) is 7.05 Å².